The summed E-state index contributed by atoms with van der Waals surface area (Å²) < 4.78 is 5.53. The lowest BCUT2D eigenvalue weighted by atomic mass is 10.0. The summed E-state index contributed by atoms with van der Waals surface area (Å²) in [6.45, 7) is 3.90. The molecule has 2 fully saturated rings. The van der Waals surface area contributed by atoms with Crippen molar-refractivity contribution in [1.29, 1.82) is 0 Å². The second-order valence-corrected chi connectivity index (χ2v) is 5.74. The number of ether oxygens (including phenoxy) is 1. The van der Waals surface area contributed by atoms with Gasteiger partial charge in [-0.15, -0.1) is 0 Å². The standard InChI is InChI=1S/C15H24N4O/c1-4-14(18-13-5-2-10-20-11-6-13)12-19(9-1)15-16-7-3-8-17-15/h3,7-8,13-14,18H,1-2,4-6,9-12H2. The van der Waals surface area contributed by atoms with Crippen molar-refractivity contribution in [1.82, 2.24) is 15.3 Å². The highest BCUT2D eigenvalue weighted by Crippen LogP contribution is 2.17. The summed E-state index contributed by atoms with van der Waals surface area (Å²) in [7, 11) is 0. The van der Waals surface area contributed by atoms with Crippen molar-refractivity contribution in [3.05, 3.63) is 18.5 Å². The van der Waals surface area contributed by atoms with Crippen molar-refractivity contribution in [3.8, 4) is 0 Å². The minimum Gasteiger partial charge on any atom is -0.381 e. The first-order valence-corrected chi connectivity index (χ1v) is 7.77. The van der Waals surface area contributed by atoms with Crippen LogP contribution in [0, 0.1) is 0 Å². The Bertz CT molecular complexity index is 392. The van der Waals surface area contributed by atoms with Gasteiger partial charge in [-0.2, -0.15) is 0 Å². The summed E-state index contributed by atoms with van der Waals surface area (Å²) in [4.78, 5) is 11.0. The number of hydrogen-bond donors (Lipinski definition) is 1. The van der Waals surface area contributed by atoms with Gasteiger partial charge in [0.2, 0.25) is 5.95 Å². The lowest BCUT2D eigenvalue weighted by Gasteiger charge is -2.35. The molecule has 5 heteroatoms. The van der Waals surface area contributed by atoms with E-state index in [2.05, 4.69) is 20.2 Å². The van der Waals surface area contributed by atoms with Crippen LogP contribution in [0.4, 0.5) is 5.95 Å². The molecule has 2 saturated heterocycles. The Morgan fingerprint density at radius 1 is 1.05 bits per heavy atom. The van der Waals surface area contributed by atoms with E-state index in [1.54, 1.807) is 0 Å². The minimum absolute atomic E-state index is 0.552. The van der Waals surface area contributed by atoms with Crippen molar-refractivity contribution >= 4 is 5.95 Å². The molecule has 1 aromatic heterocycles. The normalized spacial score (nSPS) is 28.1. The molecule has 3 rings (SSSR count). The first-order chi connectivity index (χ1) is 9.92. The van der Waals surface area contributed by atoms with Gasteiger partial charge in [-0.1, -0.05) is 0 Å². The summed E-state index contributed by atoms with van der Waals surface area (Å²) in [6.07, 6.45) is 9.65. The maximum atomic E-state index is 5.53. The molecule has 0 spiro atoms. The predicted octanol–water partition coefficient (Wildman–Crippen LogP) is 1.60. The number of anilines is 1. The zero-order valence-corrected chi connectivity index (χ0v) is 12.0. The van der Waals surface area contributed by atoms with Crippen LogP contribution < -0.4 is 10.2 Å². The van der Waals surface area contributed by atoms with Crippen LogP contribution in [0.25, 0.3) is 0 Å². The predicted molar refractivity (Wildman–Crippen MR) is 78.9 cm³/mol. The third-order valence-electron chi connectivity index (χ3n) is 4.18. The van der Waals surface area contributed by atoms with E-state index < -0.39 is 0 Å². The molecule has 1 aromatic rings. The van der Waals surface area contributed by atoms with E-state index in [1.807, 2.05) is 18.5 Å². The maximum Gasteiger partial charge on any atom is 0.225 e. The number of piperidine rings is 1. The Morgan fingerprint density at radius 3 is 2.80 bits per heavy atom. The van der Waals surface area contributed by atoms with Crippen LogP contribution in [0.5, 0.6) is 0 Å². The molecule has 0 aliphatic carbocycles. The Labute approximate surface area is 120 Å². The second-order valence-electron chi connectivity index (χ2n) is 5.74. The summed E-state index contributed by atoms with van der Waals surface area (Å²) in [5, 5.41) is 3.82. The largest absolute Gasteiger partial charge is 0.381 e. The molecule has 2 aliphatic heterocycles. The molecular weight excluding hydrogens is 252 g/mol. The van der Waals surface area contributed by atoms with E-state index in [0.717, 1.165) is 38.7 Å². The van der Waals surface area contributed by atoms with E-state index in [0.29, 0.717) is 12.1 Å². The Kier molecular flexibility index (Phi) is 4.82. The number of nitrogens with one attached hydrogen (secondary N) is 1. The highest BCUT2D eigenvalue weighted by Gasteiger charge is 2.24. The van der Waals surface area contributed by atoms with Crippen molar-refractivity contribution < 1.29 is 4.74 Å². The van der Waals surface area contributed by atoms with Crippen LogP contribution >= 0.6 is 0 Å². The molecule has 0 aromatic carbocycles. The summed E-state index contributed by atoms with van der Waals surface area (Å²) in [5.74, 6) is 0.864. The SMILES string of the molecule is c1cnc(N2CCCC(NC3CCCOCC3)C2)nc1. The van der Waals surface area contributed by atoms with E-state index >= 15 is 0 Å². The number of rotatable bonds is 3. The van der Waals surface area contributed by atoms with Crippen LogP contribution in [0.2, 0.25) is 0 Å². The van der Waals surface area contributed by atoms with Gasteiger partial charge in [-0.25, -0.2) is 9.97 Å². The smallest absolute Gasteiger partial charge is 0.225 e. The first kappa shape index (κ1) is 13.8. The van der Waals surface area contributed by atoms with Gasteiger partial charge in [0.15, 0.2) is 0 Å². The van der Waals surface area contributed by atoms with Crippen LogP contribution in [-0.2, 0) is 4.74 Å². The molecule has 5 nitrogen and oxygen atoms in total. The van der Waals surface area contributed by atoms with Crippen LogP contribution in [0.3, 0.4) is 0 Å². The lowest BCUT2D eigenvalue weighted by Crippen LogP contribution is -2.49. The van der Waals surface area contributed by atoms with Gasteiger partial charge in [-0.3, -0.25) is 0 Å². The molecule has 1 N–H and O–H groups in total. The second kappa shape index (κ2) is 6.99. The van der Waals surface area contributed by atoms with Gasteiger partial charge in [-0.05, 0) is 38.2 Å². The molecule has 2 aliphatic rings. The van der Waals surface area contributed by atoms with Gasteiger partial charge in [0.05, 0.1) is 0 Å². The van der Waals surface area contributed by atoms with Crippen LogP contribution in [0.1, 0.15) is 32.1 Å². The quantitative estimate of drug-likeness (QED) is 0.909. The van der Waals surface area contributed by atoms with Gasteiger partial charge >= 0.3 is 0 Å². The summed E-state index contributed by atoms with van der Waals surface area (Å²) >= 11 is 0. The van der Waals surface area contributed by atoms with Gasteiger partial charge in [0.25, 0.3) is 0 Å². The van der Waals surface area contributed by atoms with Gasteiger partial charge in [0, 0.05) is 50.8 Å². The van der Waals surface area contributed by atoms with Crippen molar-refractivity contribution in [3.63, 3.8) is 0 Å². The Morgan fingerprint density at radius 2 is 1.90 bits per heavy atom. The highest BCUT2D eigenvalue weighted by atomic mass is 16.5. The zero-order chi connectivity index (χ0) is 13.6. The van der Waals surface area contributed by atoms with E-state index in [4.69, 9.17) is 4.74 Å². The van der Waals surface area contributed by atoms with Crippen molar-refractivity contribution in [2.24, 2.45) is 0 Å². The third kappa shape index (κ3) is 3.67. The Balaban J connectivity index is 1.55. The highest BCUT2D eigenvalue weighted by molar-refractivity contribution is 5.29. The average molecular weight is 276 g/mol. The number of nitrogens with zero attached hydrogens (tertiary/aromatic N) is 3. The van der Waals surface area contributed by atoms with Crippen molar-refractivity contribution in [2.75, 3.05) is 31.2 Å². The number of aromatic nitrogens is 2. The third-order valence-corrected chi connectivity index (χ3v) is 4.18. The van der Waals surface area contributed by atoms with Gasteiger partial charge in [0.1, 0.15) is 0 Å². The lowest BCUT2D eigenvalue weighted by molar-refractivity contribution is 0.142. The summed E-state index contributed by atoms with van der Waals surface area (Å²) in [5.41, 5.74) is 0. The molecule has 3 heterocycles. The molecule has 0 bridgehead atoms. The molecule has 110 valence electrons. The summed E-state index contributed by atoms with van der Waals surface area (Å²) in [6, 6.07) is 3.03. The fraction of sp³-hybridized carbons (Fsp3) is 0.733. The monoisotopic (exact) mass is 276 g/mol. The molecule has 20 heavy (non-hydrogen) atoms. The topological polar surface area (TPSA) is 50.3 Å². The zero-order valence-electron chi connectivity index (χ0n) is 12.0. The van der Waals surface area contributed by atoms with Crippen LogP contribution in [0.15, 0.2) is 18.5 Å². The molecular formula is C15H24N4O. The van der Waals surface area contributed by atoms with E-state index in [1.165, 1.54) is 25.7 Å². The maximum absolute atomic E-state index is 5.53. The van der Waals surface area contributed by atoms with E-state index in [-0.39, 0.29) is 0 Å². The molecule has 2 atom stereocenters. The van der Waals surface area contributed by atoms with E-state index in [9.17, 15) is 0 Å². The first-order valence-electron chi connectivity index (χ1n) is 7.77. The molecule has 0 amide bonds. The van der Waals surface area contributed by atoms with Crippen LogP contribution in [-0.4, -0.2) is 48.4 Å². The fourth-order valence-corrected chi connectivity index (χ4v) is 3.15. The average Bonchev–Trinajstić information content (AvgIpc) is 2.77. The molecule has 0 radical (unpaired) electrons. The minimum atomic E-state index is 0.552. The fourth-order valence-electron chi connectivity index (χ4n) is 3.15. The van der Waals surface area contributed by atoms with Gasteiger partial charge < -0.3 is 15.0 Å². The molecule has 0 saturated carbocycles. The molecule has 2 unspecified atom stereocenters. The number of hydrogen-bond acceptors (Lipinski definition) is 5. The Hall–Kier alpha value is -1.20. The van der Waals surface area contributed by atoms with Crippen molar-refractivity contribution in [2.45, 2.75) is 44.2 Å².